The molecule has 2 aromatic rings. The highest BCUT2D eigenvalue weighted by atomic mass is 79.9. The average Bonchev–Trinajstić information content (AvgIpc) is 3.13. The monoisotopic (exact) mass is 323 g/mol. The van der Waals surface area contributed by atoms with Crippen LogP contribution in [0.15, 0.2) is 22.7 Å². The third-order valence-electron chi connectivity index (χ3n) is 3.07. The fraction of sp³-hybridized carbons (Fsp3) is 0.273. The molecule has 8 heteroatoms. The maximum absolute atomic E-state index is 10.9. The van der Waals surface area contributed by atoms with E-state index in [0.29, 0.717) is 21.9 Å². The summed E-state index contributed by atoms with van der Waals surface area (Å²) in [6.07, 6.45) is 2.09. The van der Waals surface area contributed by atoms with Crippen molar-refractivity contribution in [1.29, 1.82) is 0 Å². The summed E-state index contributed by atoms with van der Waals surface area (Å²) in [6, 6.07) is 4.52. The molecule has 98 valence electrons. The Balaban J connectivity index is 2.16. The predicted octanol–water partition coefficient (Wildman–Crippen LogP) is 2.40. The minimum Gasteiger partial charge on any atom is -0.381 e. The minimum atomic E-state index is -0.437. The molecule has 0 amide bonds. The number of halogens is 1. The molecular formula is C11H10BrN5O2. The zero-order valence-corrected chi connectivity index (χ0v) is 11.4. The van der Waals surface area contributed by atoms with Crippen LogP contribution < -0.4 is 5.73 Å². The van der Waals surface area contributed by atoms with Crippen molar-refractivity contribution < 1.29 is 4.92 Å². The van der Waals surface area contributed by atoms with Crippen molar-refractivity contribution in [2.24, 2.45) is 0 Å². The molecule has 7 nitrogen and oxygen atoms in total. The third kappa shape index (κ3) is 2.07. The lowest BCUT2D eigenvalue weighted by Crippen LogP contribution is -2.04. The van der Waals surface area contributed by atoms with Gasteiger partial charge in [0.2, 0.25) is 0 Å². The summed E-state index contributed by atoms with van der Waals surface area (Å²) in [7, 11) is 0. The second-order valence-electron chi connectivity index (χ2n) is 4.44. The number of hydrogen-bond acceptors (Lipinski definition) is 5. The van der Waals surface area contributed by atoms with E-state index in [0.717, 1.165) is 18.5 Å². The van der Waals surface area contributed by atoms with Gasteiger partial charge in [-0.3, -0.25) is 10.1 Å². The highest BCUT2D eigenvalue weighted by Gasteiger charge is 2.31. The summed E-state index contributed by atoms with van der Waals surface area (Å²) in [4.78, 5) is 10.4. The molecule has 1 heterocycles. The van der Waals surface area contributed by atoms with Crippen LogP contribution in [0.25, 0.3) is 5.69 Å². The first-order chi connectivity index (χ1) is 9.08. The van der Waals surface area contributed by atoms with Crippen LogP contribution >= 0.6 is 15.9 Å². The Hall–Kier alpha value is -1.96. The number of aromatic nitrogens is 3. The standard InChI is InChI=1S/C11H10BrN5O2/c12-8-4-3-7(17(18)19)5-9(8)16-10(6-1-2-6)11(13)14-15-16/h3-6H,1-2,13H2. The number of nitrogens with zero attached hydrogens (tertiary/aromatic N) is 4. The first-order valence-electron chi connectivity index (χ1n) is 5.73. The van der Waals surface area contributed by atoms with Crippen molar-refractivity contribution in [3.05, 3.63) is 38.5 Å². The largest absolute Gasteiger partial charge is 0.381 e. The van der Waals surface area contributed by atoms with Crippen molar-refractivity contribution in [2.75, 3.05) is 5.73 Å². The van der Waals surface area contributed by atoms with Gasteiger partial charge in [0.25, 0.3) is 5.69 Å². The van der Waals surface area contributed by atoms with Gasteiger partial charge in [0, 0.05) is 22.5 Å². The van der Waals surface area contributed by atoms with Crippen LogP contribution in [-0.4, -0.2) is 19.9 Å². The van der Waals surface area contributed by atoms with Crippen molar-refractivity contribution in [3.63, 3.8) is 0 Å². The molecule has 0 saturated heterocycles. The smallest absolute Gasteiger partial charge is 0.271 e. The van der Waals surface area contributed by atoms with E-state index in [9.17, 15) is 10.1 Å². The van der Waals surface area contributed by atoms with E-state index in [1.165, 1.54) is 12.1 Å². The van der Waals surface area contributed by atoms with Gasteiger partial charge in [0.05, 0.1) is 16.3 Å². The molecule has 1 aliphatic carbocycles. The van der Waals surface area contributed by atoms with E-state index < -0.39 is 4.92 Å². The van der Waals surface area contributed by atoms with Gasteiger partial charge < -0.3 is 5.73 Å². The predicted molar refractivity (Wildman–Crippen MR) is 72.1 cm³/mol. The minimum absolute atomic E-state index is 0.00835. The first kappa shape index (κ1) is 12.1. The van der Waals surface area contributed by atoms with Crippen LogP contribution in [0, 0.1) is 10.1 Å². The number of nitrogen functional groups attached to an aromatic ring is 1. The Morgan fingerprint density at radius 2 is 2.21 bits per heavy atom. The summed E-state index contributed by atoms with van der Waals surface area (Å²) in [6.45, 7) is 0. The van der Waals surface area contributed by atoms with Gasteiger partial charge in [0.1, 0.15) is 0 Å². The van der Waals surface area contributed by atoms with Gasteiger partial charge in [-0.25, -0.2) is 4.68 Å². The highest BCUT2D eigenvalue weighted by molar-refractivity contribution is 9.10. The summed E-state index contributed by atoms with van der Waals surface area (Å²) in [5.74, 6) is 0.738. The molecule has 0 radical (unpaired) electrons. The number of rotatable bonds is 3. The van der Waals surface area contributed by atoms with E-state index in [1.54, 1.807) is 10.7 Å². The van der Waals surface area contributed by atoms with Gasteiger partial charge in [-0.15, -0.1) is 5.10 Å². The van der Waals surface area contributed by atoms with E-state index in [4.69, 9.17) is 5.73 Å². The van der Waals surface area contributed by atoms with Gasteiger partial charge in [0.15, 0.2) is 5.82 Å². The second-order valence-corrected chi connectivity index (χ2v) is 5.29. The topological polar surface area (TPSA) is 99.9 Å². The Morgan fingerprint density at radius 3 is 2.84 bits per heavy atom. The molecule has 1 aromatic heterocycles. The second kappa shape index (κ2) is 4.30. The molecule has 0 bridgehead atoms. The van der Waals surface area contributed by atoms with Crippen molar-refractivity contribution >= 4 is 27.4 Å². The van der Waals surface area contributed by atoms with E-state index in [1.807, 2.05) is 0 Å². The van der Waals surface area contributed by atoms with Crippen LogP contribution in [0.4, 0.5) is 11.5 Å². The zero-order valence-electron chi connectivity index (χ0n) is 9.78. The summed E-state index contributed by atoms with van der Waals surface area (Å²) in [5, 5.41) is 18.7. The number of nitro groups is 1. The lowest BCUT2D eigenvalue weighted by molar-refractivity contribution is -0.384. The molecule has 0 spiro atoms. The van der Waals surface area contributed by atoms with Crippen molar-refractivity contribution in [2.45, 2.75) is 18.8 Å². The Bertz CT molecular complexity index is 665. The molecule has 1 fully saturated rings. The Labute approximate surface area is 116 Å². The van der Waals surface area contributed by atoms with Gasteiger partial charge in [-0.2, -0.15) is 0 Å². The summed E-state index contributed by atoms with van der Waals surface area (Å²) < 4.78 is 2.30. The summed E-state index contributed by atoms with van der Waals surface area (Å²) >= 11 is 3.38. The fourth-order valence-corrected chi connectivity index (χ4v) is 2.41. The molecule has 19 heavy (non-hydrogen) atoms. The molecule has 3 rings (SSSR count). The van der Waals surface area contributed by atoms with E-state index >= 15 is 0 Å². The van der Waals surface area contributed by atoms with Crippen LogP contribution in [0.1, 0.15) is 24.5 Å². The zero-order chi connectivity index (χ0) is 13.6. The molecule has 1 aromatic carbocycles. The normalized spacial score (nSPS) is 14.6. The van der Waals surface area contributed by atoms with E-state index in [2.05, 4.69) is 26.2 Å². The van der Waals surface area contributed by atoms with Gasteiger partial charge >= 0.3 is 0 Å². The highest BCUT2D eigenvalue weighted by Crippen LogP contribution is 2.43. The van der Waals surface area contributed by atoms with Crippen molar-refractivity contribution in [1.82, 2.24) is 15.0 Å². The van der Waals surface area contributed by atoms with Crippen LogP contribution in [0.3, 0.4) is 0 Å². The fourth-order valence-electron chi connectivity index (χ4n) is 1.99. The van der Waals surface area contributed by atoms with Gasteiger partial charge in [-0.05, 0) is 34.8 Å². The molecule has 1 aliphatic rings. The average molecular weight is 324 g/mol. The number of non-ortho nitro benzene ring substituents is 1. The SMILES string of the molecule is Nc1nnn(-c2cc([N+](=O)[O-])ccc2Br)c1C1CC1. The van der Waals surface area contributed by atoms with Crippen LogP contribution in [-0.2, 0) is 0 Å². The van der Waals surface area contributed by atoms with E-state index in [-0.39, 0.29) is 5.69 Å². The Morgan fingerprint density at radius 1 is 1.47 bits per heavy atom. The quantitative estimate of drug-likeness (QED) is 0.690. The molecule has 0 unspecified atom stereocenters. The molecular weight excluding hydrogens is 314 g/mol. The molecule has 0 atom stereocenters. The molecule has 1 saturated carbocycles. The van der Waals surface area contributed by atoms with Crippen molar-refractivity contribution in [3.8, 4) is 5.69 Å². The lowest BCUT2D eigenvalue weighted by Gasteiger charge is -2.07. The number of nitrogens with two attached hydrogens (primary N) is 1. The molecule has 0 aliphatic heterocycles. The lowest BCUT2D eigenvalue weighted by atomic mass is 10.2. The Kier molecular flexibility index (Phi) is 2.74. The number of benzene rings is 1. The third-order valence-corrected chi connectivity index (χ3v) is 3.74. The maximum atomic E-state index is 10.9. The number of nitro benzene ring substituents is 1. The number of anilines is 1. The number of hydrogen-bond donors (Lipinski definition) is 1. The van der Waals surface area contributed by atoms with Gasteiger partial charge in [-0.1, -0.05) is 5.21 Å². The molecule has 2 N–H and O–H groups in total. The van der Waals surface area contributed by atoms with Crippen LogP contribution in [0.2, 0.25) is 0 Å². The maximum Gasteiger partial charge on any atom is 0.271 e. The summed E-state index contributed by atoms with van der Waals surface area (Å²) in [5.41, 5.74) is 7.25. The first-order valence-corrected chi connectivity index (χ1v) is 6.52. The van der Waals surface area contributed by atoms with Crippen LogP contribution in [0.5, 0.6) is 0 Å².